The van der Waals surface area contributed by atoms with Crippen LogP contribution in [0.4, 0.5) is 0 Å². The molecule has 0 radical (unpaired) electrons. The van der Waals surface area contributed by atoms with Crippen molar-refractivity contribution < 1.29 is 9.59 Å². The van der Waals surface area contributed by atoms with Crippen molar-refractivity contribution in [3.05, 3.63) is 119 Å². The highest BCUT2D eigenvalue weighted by Gasteiger charge is 2.23. The molecule has 1 atom stereocenters. The molecule has 0 aliphatic rings. The molecular weight excluding hydrogens is 412 g/mol. The highest BCUT2D eigenvalue weighted by atomic mass is 16.2. The Kier molecular flexibility index (Phi) is 6.45. The van der Waals surface area contributed by atoms with Crippen molar-refractivity contribution in [2.45, 2.75) is 12.6 Å². The number of nitrogens with two attached hydrogens (primary N) is 1. The first-order valence-electron chi connectivity index (χ1n) is 10.6. The van der Waals surface area contributed by atoms with Crippen LogP contribution in [-0.2, 0) is 11.3 Å². The fraction of sp³-hybridized carbons (Fsp3) is 0.0741. The van der Waals surface area contributed by atoms with Crippen molar-refractivity contribution >= 4 is 28.4 Å². The molecule has 4 aromatic rings. The average Bonchev–Trinajstić information content (AvgIpc) is 2.86. The summed E-state index contributed by atoms with van der Waals surface area (Å²) >= 11 is 0. The largest absolute Gasteiger partial charge is 0.384 e. The third-order valence-corrected chi connectivity index (χ3v) is 5.44. The SMILES string of the molecule is N=C(N)c1cccc(C(=O)N[C@@H](C(=O)NCc2cccc3ccccc23)c2ccccc2)c1. The lowest BCUT2D eigenvalue weighted by atomic mass is 10.0. The van der Waals surface area contributed by atoms with Gasteiger partial charge >= 0.3 is 0 Å². The highest BCUT2D eigenvalue weighted by Crippen LogP contribution is 2.19. The second kappa shape index (κ2) is 9.78. The summed E-state index contributed by atoms with van der Waals surface area (Å²) < 4.78 is 0. The Morgan fingerprint density at radius 1 is 0.818 bits per heavy atom. The van der Waals surface area contributed by atoms with Crippen LogP contribution >= 0.6 is 0 Å². The van der Waals surface area contributed by atoms with Crippen LogP contribution in [0.2, 0.25) is 0 Å². The van der Waals surface area contributed by atoms with E-state index < -0.39 is 11.9 Å². The van der Waals surface area contributed by atoms with Gasteiger partial charge in [0.15, 0.2) is 0 Å². The summed E-state index contributed by atoms with van der Waals surface area (Å²) in [6.45, 7) is 0.333. The molecule has 0 aliphatic carbocycles. The second-order valence-electron chi connectivity index (χ2n) is 7.67. The predicted octanol–water partition coefficient (Wildman–Crippen LogP) is 3.91. The minimum atomic E-state index is -0.880. The Labute approximate surface area is 191 Å². The number of amidine groups is 1. The summed E-state index contributed by atoms with van der Waals surface area (Å²) in [6.07, 6.45) is 0. The maximum absolute atomic E-state index is 13.2. The molecule has 0 fully saturated rings. The monoisotopic (exact) mass is 436 g/mol. The smallest absolute Gasteiger partial charge is 0.252 e. The lowest BCUT2D eigenvalue weighted by Gasteiger charge is -2.19. The van der Waals surface area contributed by atoms with Gasteiger partial charge < -0.3 is 16.4 Å². The van der Waals surface area contributed by atoms with Crippen molar-refractivity contribution in [1.29, 1.82) is 5.41 Å². The topological polar surface area (TPSA) is 108 Å². The van der Waals surface area contributed by atoms with Crippen molar-refractivity contribution in [3.63, 3.8) is 0 Å². The van der Waals surface area contributed by atoms with Gasteiger partial charge in [-0.1, -0.05) is 84.9 Å². The molecular formula is C27H24N4O2. The van der Waals surface area contributed by atoms with E-state index in [-0.39, 0.29) is 11.7 Å². The number of fused-ring (bicyclic) bond motifs is 1. The van der Waals surface area contributed by atoms with Crippen LogP contribution < -0.4 is 16.4 Å². The van der Waals surface area contributed by atoms with Gasteiger partial charge in [-0.15, -0.1) is 0 Å². The molecule has 6 nitrogen and oxygen atoms in total. The number of hydrogen-bond donors (Lipinski definition) is 4. The summed E-state index contributed by atoms with van der Waals surface area (Å²) in [5.74, 6) is -0.866. The highest BCUT2D eigenvalue weighted by molar-refractivity contribution is 6.01. The van der Waals surface area contributed by atoms with Crippen LogP contribution in [-0.4, -0.2) is 17.6 Å². The molecule has 164 valence electrons. The molecule has 0 saturated carbocycles. The molecule has 4 aromatic carbocycles. The summed E-state index contributed by atoms with van der Waals surface area (Å²) in [4.78, 5) is 26.2. The Bertz CT molecular complexity index is 1310. The molecule has 33 heavy (non-hydrogen) atoms. The fourth-order valence-corrected chi connectivity index (χ4v) is 3.72. The zero-order valence-electron chi connectivity index (χ0n) is 17.9. The lowest BCUT2D eigenvalue weighted by molar-refractivity contribution is -0.123. The zero-order valence-corrected chi connectivity index (χ0v) is 17.9. The van der Waals surface area contributed by atoms with Crippen LogP contribution in [0.3, 0.4) is 0 Å². The second-order valence-corrected chi connectivity index (χ2v) is 7.67. The molecule has 0 unspecified atom stereocenters. The number of hydrogen-bond acceptors (Lipinski definition) is 3. The fourth-order valence-electron chi connectivity index (χ4n) is 3.72. The molecule has 0 spiro atoms. The van der Waals surface area contributed by atoms with Gasteiger partial charge in [0.2, 0.25) is 5.91 Å². The van der Waals surface area contributed by atoms with Crippen LogP contribution in [0, 0.1) is 5.41 Å². The van der Waals surface area contributed by atoms with Gasteiger partial charge in [-0.3, -0.25) is 15.0 Å². The van der Waals surface area contributed by atoms with Gasteiger partial charge in [0.1, 0.15) is 11.9 Å². The molecule has 0 heterocycles. The van der Waals surface area contributed by atoms with Crippen LogP contribution in [0.15, 0.2) is 97.1 Å². The summed E-state index contributed by atoms with van der Waals surface area (Å²) in [5.41, 5.74) is 7.98. The minimum Gasteiger partial charge on any atom is -0.384 e. The Morgan fingerprint density at radius 3 is 2.27 bits per heavy atom. The van der Waals surface area contributed by atoms with Gasteiger partial charge in [0.25, 0.3) is 5.91 Å². The van der Waals surface area contributed by atoms with E-state index in [9.17, 15) is 9.59 Å². The summed E-state index contributed by atoms with van der Waals surface area (Å²) in [5, 5.41) is 15.6. The number of nitrogens with one attached hydrogen (secondary N) is 3. The van der Waals surface area contributed by atoms with Gasteiger partial charge in [0, 0.05) is 17.7 Å². The normalized spacial score (nSPS) is 11.5. The van der Waals surface area contributed by atoms with Crippen molar-refractivity contribution in [1.82, 2.24) is 10.6 Å². The lowest BCUT2D eigenvalue weighted by Crippen LogP contribution is -2.40. The molecule has 0 bridgehead atoms. The van der Waals surface area contributed by atoms with Gasteiger partial charge in [-0.05, 0) is 34.0 Å². The Hall–Kier alpha value is -4.45. The molecule has 2 amide bonds. The van der Waals surface area contributed by atoms with E-state index in [2.05, 4.69) is 10.6 Å². The first kappa shape index (κ1) is 21.8. The molecule has 6 heteroatoms. The van der Waals surface area contributed by atoms with Gasteiger partial charge in [-0.2, -0.15) is 0 Å². The number of benzene rings is 4. The van der Waals surface area contributed by atoms with Gasteiger partial charge in [0.05, 0.1) is 0 Å². The predicted molar refractivity (Wildman–Crippen MR) is 130 cm³/mol. The molecule has 5 N–H and O–H groups in total. The van der Waals surface area contributed by atoms with E-state index in [1.54, 1.807) is 30.3 Å². The maximum atomic E-state index is 13.2. The Morgan fingerprint density at radius 2 is 1.48 bits per heavy atom. The average molecular weight is 437 g/mol. The zero-order chi connectivity index (χ0) is 23.2. The van der Waals surface area contributed by atoms with E-state index in [0.29, 0.717) is 23.2 Å². The summed E-state index contributed by atoms with van der Waals surface area (Å²) in [7, 11) is 0. The van der Waals surface area contributed by atoms with Crippen molar-refractivity contribution in [2.75, 3.05) is 0 Å². The van der Waals surface area contributed by atoms with Crippen LogP contribution in [0.25, 0.3) is 10.8 Å². The molecule has 0 aliphatic heterocycles. The van der Waals surface area contributed by atoms with E-state index in [4.69, 9.17) is 11.1 Å². The van der Waals surface area contributed by atoms with E-state index in [1.165, 1.54) is 6.07 Å². The standard InChI is InChI=1S/C27H24N4O2/c28-25(29)20-12-7-13-21(16-20)26(32)31-24(19-9-2-1-3-10-19)27(33)30-17-22-14-6-11-18-8-4-5-15-23(18)22/h1-16,24H,17H2,(H3,28,29)(H,30,33)(H,31,32)/t24-/m1/s1. The quantitative estimate of drug-likeness (QED) is 0.260. The molecule has 0 saturated heterocycles. The maximum Gasteiger partial charge on any atom is 0.252 e. The first-order valence-corrected chi connectivity index (χ1v) is 10.6. The number of rotatable bonds is 7. The minimum absolute atomic E-state index is 0.128. The number of carbonyl (C=O) groups is 2. The van der Waals surface area contributed by atoms with E-state index in [0.717, 1.165) is 16.3 Å². The molecule has 0 aromatic heterocycles. The third-order valence-electron chi connectivity index (χ3n) is 5.44. The van der Waals surface area contributed by atoms with Crippen LogP contribution in [0.1, 0.15) is 33.1 Å². The van der Waals surface area contributed by atoms with Crippen molar-refractivity contribution in [3.8, 4) is 0 Å². The molecule has 4 rings (SSSR count). The number of carbonyl (C=O) groups excluding carboxylic acids is 2. The van der Waals surface area contributed by atoms with Crippen LogP contribution in [0.5, 0.6) is 0 Å². The summed E-state index contributed by atoms with van der Waals surface area (Å²) in [6, 6.07) is 28.7. The first-order chi connectivity index (χ1) is 16.0. The third kappa shape index (κ3) is 5.07. The van der Waals surface area contributed by atoms with Gasteiger partial charge in [-0.25, -0.2) is 0 Å². The number of nitrogen functional groups attached to an aromatic ring is 1. The van der Waals surface area contributed by atoms with Crippen molar-refractivity contribution in [2.24, 2.45) is 5.73 Å². The Balaban J connectivity index is 1.55. The van der Waals surface area contributed by atoms with E-state index >= 15 is 0 Å². The van der Waals surface area contributed by atoms with E-state index in [1.807, 2.05) is 60.7 Å². The number of amides is 2.